The number of rotatable bonds is 16. The molecule has 2 amide bonds. The zero-order valence-corrected chi connectivity index (χ0v) is 25.4. The number of anilines is 2. The monoisotopic (exact) mass is 605 g/mol. The van der Waals surface area contributed by atoms with Crippen LogP contribution in [0.25, 0.3) is 0 Å². The Morgan fingerprint density at radius 3 is 2.51 bits per heavy atom. The summed E-state index contributed by atoms with van der Waals surface area (Å²) in [5.74, 6) is -1.51. The highest BCUT2D eigenvalue weighted by atomic mass is 19.3. The van der Waals surface area contributed by atoms with Crippen LogP contribution in [0.4, 0.5) is 24.5 Å². The van der Waals surface area contributed by atoms with Crippen LogP contribution >= 0.6 is 0 Å². The van der Waals surface area contributed by atoms with Crippen molar-refractivity contribution in [1.82, 2.24) is 15.5 Å². The minimum absolute atomic E-state index is 0.0565. The van der Waals surface area contributed by atoms with Gasteiger partial charge in [0.15, 0.2) is 0 Å². The van der Waals surface area contributed by atoms with Gasteiger partial charge in [-0.15, -0.1) is 0 Å². The number of allylic oxidation sites excluding steroid dienone is 2. The molecule has 2 rings (SSSR count). The maximum absolute atomic E-state index is 15.8. The normalized spacial score (nSPS) is 18.8. The zero-order valence-electron chi connectivity index (χ0n) is 25.4. The second kappa shape index (κ2) is 18.0. The van der Waals surface area contributed by atoms with Gasteiger partial charge in [0.1, 0.15) is 5.82 Å². The van der Waals surface area contributed by atoms with Gasteiger partial charge < -0.3 is 25.6 Å². The van der Waals surface area contributed by atoms with Crippen LogP contribution in [0.2, 0.25) is 0 Å². The van der Waals surface area contributed by atoms with Crippen molar-refractivity contribution in [2.24, 2.45) is 9.98 Å². The SMILES string of the molecule is C=N/C=C\C(=NCCOCCNC)c1cc(NC(=O)C(=C/NC=O)/C(=C\C)C(F)F)c(N2CC(C)N(C)C(C)C2)cc1F. The molecule has 0 spiro atoms. The Bertz CT molecular complexity index is 1220. The van der Waals surface area contributed by atoms with Gasteiger partial charge >= 0.3 is 0 Å². The minimum Gasteiger partial charge on any atom is -0.378 e. The van der Waals surface area contributed by atoms with E-state index in [1.807, 2.05) is 32.8 Å². The van der Waals surface area contributed by atoms with Gasteiger partial charge in [-0.3, -0.25) is 24.5 Å². The van der Waals surface area contributed by atoms with E-state index in [1.54, 1.807) is 0 Å². The van der Waals surface area contributed by atoms with E-state index < -0.39 is 29.3 Å². The second-order valence-corrected chi connectivity index (χ2v) is 9.94. The van der Waals surface area contributed by atoms with Crippen LogP contribution in [0.1, 0.15) is 26.3 Å². The standard InChI is InChI=1S/C30H42F3N7O3/c1-7-22(29(32)33)24(16-36-19-41)30(42)38-27-14-23(26(8-9-34-4)37-11-13-43-12-10-35-5)25(31)15-28(27)40-17-20(2)39(6)21(3)18-40/h7-9,14-16,19-21,29,35H,4,10-13,17-18H2,1-3,5-6H3,(H,36,41)(H,38,42)/b9-8-,22-7+,24-16+,37-26?. The topological polar surface area (TPSA) is 111 Å². The first-order valence-corrected chi connectivity index (χ1v) is 13.9. The van der Waals surface area contributed by atoms with E-state index in [1.165, 1.54) is 31.3 Å². The number of hydrogen-bond acceptors (Lipinski definition) is 8. The maximum atomic E-state index is 15.8. The minimum atomic E-state index is -2.98. The van der Waals surface area contributed by atoms with E-state index in [4.69, 9.17) is 4.74 Å². The highest BCUT2D eigenvalue weighted by Crippen LogP contribution is 2.33. The van der Waals surface area contributed by atoms with Gasteiger partial charge in [0.05, 0.1) is 42.4 Å². The number of nitrogens with zero attached hydrogens (tertiary/aromatic N) is 4. The van der Waals surface area contributed by atoms with Crippen LogP contribution in [0, 0.1) is 5.82 Å². The number of likely N-dealkylation sites (N-methyl/N-ethyl adjacent to an activating group) is 2. The van der Waals surface area contributed by atoms with Crippen molar-refractivity contribution in [2.45, 2.75) is 39.3 Å². The molecule has 0 saturated carbocycles. The lowest BCUT2D eigenvalue weighted by Gasteiger charge is -2.44. The third kappa shape index (κ3) is 10.2. The molecule has 1 aromatic carbocycles. The fourth-order valence-electron chi connectivity index (χ4n) is 4.57. The fourth-order valence-corrected chi connectivity index (χ4v) is 4.57. The number of hydrogen-bond donors (Lipinski definition) is 3. The molecule has 1 heterocycles. The number of amides is 2. The molecule has 2 atom stereocenters. The van der Waals surface area contributed by atoms with Gasteiger partial charge in [0.2, 0.25) is 6.41 Å². The van der Waals surface area contributed by atoms with E-state index in [9.17, 15) is 18.4 Å². The highest BCUT2D eigenvalue weighted by Gasteiger charge is 2.30. The summed E-state index contributed by atoms with van der Waals surface area (Å²) in [7, 11) is 3.81. The molecule has 0 aromatic heterocycles. The van der Waals surface area contributed by atoms with Crippen LogP contribution < -0.4 is 20.9 Å². The van der Waals surface area contributed by atoms with Crippen molar-refractivity contribution in [3.05, 3.63) is 59.2 Å². The van der Waals surface area contributed by atoms with Crippen molar-refractivity contribution >= 4 is 36.1 Å². The van der Waals surface area contributed by atoms with Gasteiger partial charge in [-0.1, -0.05) is 6.08 Å². The molecule has 0 radical (unpaired) electrons. The molecule has 1 fully saturated rings. The average Bonchev–Trinajstić information content (AvgIpc) is 2.97. The summed E-state index contributed by atoms with van der Waals surface area (Å²) in [4.78, 5) is 36.7. The number of halogens is 3. The molecular formula is C30H42F3N7O3. The summed E-state index contributed by atoms with van der Waals surface area (Å²) in [6.45, 7) is 11.6. The number of carbonyl (C=O) groups is 2. The number of nitrogens with one attached hydrogen (secondary N) is 3. The van der Waals surface area contributed by atoms with E-state index in [-0.39, 0.29) is 42.0 Å². The summed E-state index contributed by atoms with van der Waals surface area (Å²) in [6.07, 6.45) is 2.14. The largest absolute Gasteiger partial charge is 0.378 e. The lowest BCUT2D eigenvalue weighted by molar-refractivity contribution is -0.112. The van der Waals surface area contributed by atoms with E-state index in [0.29, 0.717) is 38.5 Å². The Morgan fingerprint density at radius 2 is 1.93 bits per heavy atom. The summed E-state index contributed by atoms with van der Waals surface area (Å²) in [5, 5.41) is 7.83. The number of ether oxygens (including phenoxy) is 1. The van der Waals surface area contributed by atoms with Crippen molar-refractivity contribution < 1.29 is 27.5 Å². The number of aliphatic imine (C=N–C) groups is 2. The Balaban J connectivity index is 2.64. The van der Waals surface area contributed by atoms with E-state index in [0.717, 1.165) is 12.3 Å². The number of benzene rings is 1. The second-order valence-electron chi connectivity index (χ2n) is 9.94. The summed E-state index contributed by atoms with van der Waals surface area (Å²) in [5.41, 5.74) is -0.165. The van der Waals surface area contributed by atoms with Crippen LogP contribution in [-0.4, -0.2) is 102 Å². The number of carbonyl (C=O) groups excluding carboxylic acids is 2. The molecule has 10 nitrogen and oxygen atoms in total. The Hall–Kier alpha value is -3.81. The average molecular weight is 606 g/mol. The summed E-state index contributed by atoms with van der Waals surface area (Å²) >= 11 is 0. The van der Waals surface area contributed by atoms with Gasteiger partial charge in [-0.2, -0.15) is 0 Å². The lowest BCUT2D eigenvalue weighted by atomic mass is 10.0. The molecule has 2 unspecified atom stereocenters. The van der Waals surface area contributed by atoms with Crippen LogP contribution in [0.3, 0.4) is 0 Å². The van der Waals surface area contributed by atoms with Gasteiger partial charge in [-0.05, 0) is 59.8 Å². The van der Waals surface area contributed by atoms with E-state index in [2.05, 4.69) is 37.6 Å². The highest BCUT2D eigenvalue weighted by molar-refractivity contribution is 6.12. The molecule has 236 valence electrons. The molecule has 1 aliphatic heterocycles. The van der Waals surface area contributed by atoms with Gasteiger partial charge in [0.25, 0.3) is 12.3 Å². The molecule has 13 heteroatoms. The Morgan fingerprint density at radius 1 is 1.23 bits per heavy atom. The molecule has 1 saturated heterocycles. The Labute approximate surface area is 251 Å². The third-order valence-corrected chi connectivity index (χ3v) is 7.06. The lowest BCUT2D eigenvalue weighted by Crippen LogP contribution is -2.55. The molecular weight excluding hydrogens is 563 g/mol. The molecule has 1 aliphatic rings. The first-order valence-electron chi connectivity index (χ1n) is 13.9. The first-order chi connectivity index (χ1) is 20.6. The molecule has 3 N–H and O–H groups in total. The van der Waals surface area contributed by atoms with Crippen molar-refractivity contribution in [3.8, 4) is 0 Å². The van der Waals surface area contributed by atoms with Crippen LogP contribution in [0.5, 0.6) is 0 Å². The van der Waals surface area contributed by atoms with Gasteiger partial charge in [0, 0.05) is 55.3 Å². The van der Waals surface area contributed by atoms with Crippen LogP contribution in [0.15, 0.2) is 57.8 Å². The molecule has 0 aliphatic carbocycles. The van der Waals surface area contributed by atoms with Crippen LogP contribution in [-0.2, 0) is 14.3 Å². The van der Waals surface area contributed by atoms with Gasteiger partial charge in [-0.25, -0.2) is 13.2 Å². The quantitative estimate of drug-likeness (QED) is 0.0877. The molecule has 43 heavy (non-hydrogen) atoms. The predicted molar refractivity (Wildman–Crippen MR) is 166 cm³/mol. The fraction of sp³-hybridized carbons (Fsp3) is 0.467. The maximum Gasteiger partial charge on any atom is 0.264 e. The molecule has 0 bridgehead atoms. The van der Waals surface area contributed by atoms with Crippen molar-refractivity contribution in [3.63, 3.8) is 0 Å². The first kappa shape index (κ1) is 35.4. The smallest absolute Gasteiger partial charge is 0.264 e. The number of alkyl halides is 2. The number of piperazine rings is 1. The van der Waals surface area contributed by atoms with Crippen molar-refractivity contribution in [1.29, 1.82) is 0 Å². The Kier molecular flexibility index (Phi) is 14.8. The molecule has 1 aromatic rings. The summed E-state index contributed by atoms with van der Waals surface area (Å²) < 4.78 is 49.0. The zero-order chi connectivity index (χ0) is 31.9. The van der Waals surface area contributed by atoms with E-state index >= 15 is 4.39 Å². The van der Waals surface area contributed by atoms with Crippen molar-refractivity contribution in [2.75, 3.05) is 63.7 Å². The predicted octanol–water partition coefficient (Wildman–Crippen LogP) is 3.37. The summed E-state index contributed by atoms with van der Waals surface area (Å²) in [6, 6.07) is 2.95. The third-order valence-electron chi connectivity index (χ3n) is 7.06.